The summed E-state index contributed by atoms with van der Waals surface area (Å²) in [5.74, 6) is 0.159. The monoisotopic (exact) mass is 400 g/mol. The molecule has 0 saturated carbocycles. The lowest BCUT2D eigenvalue weighted by molar-refractivity contribution is -0.596. The molecule has 0 bridgehead atoms. The second-order valence-corrected chi connectivity index (χ2v) is 6.96. The van der Waals surface area contributed by atoms with Gasteiger partial charge in [-0.15, -0.1) is 10.1 Å². The molecule has 0 spiro atoms. The first-order chi connectivity index (χ1) is 14.7. The van der Waals surface area contributed by atoms with E-state index >= 15 is 0 Å². The van der Waals surface area contributed by atoms with Crippen molar-refractivity contribution in [3.05, 3.63) is 102 Å². The Balaban J connectivity index is 1.70. The molecule has 30 heavy (non-hydrogen) atoms. The van der Waals surface area contributed by atoms with Crippen LogP contribution in [0.4, 0.5) is 0 Å². The molecule has 1 aliphatic rings. The molecule has 2 N–H and O–H groups in total. The molecular formula is C24H22N3O3+. The first-order valence-corrected chi connectivity index (χ1v) is 9.64. The van der Waals surface area contributed by atoms with Crippen LogP contribution in [0.3, 0.4) is 0 Å². The van der Waals surface area contributed by atoms with Gasteiger partial charge in [0.1, 0.15) is 5.75 Å². The number of hydrogen-bond acceptors (Lipinski definition) is 3. The summed E-state index contributed by atoms with van der Waals surface area (Å²) in [4.78, 5) is 25.6. The normalized spacial score (nSPS) is 19.4. The van der Waals surface area contributed by atoms with Crippen LogP contribution in [-0.2, 0) is 4.79 Å². The van der Waals surface area contributed by atoms with Crippen molar-refractivity contribution in [2.24, 2.45) is 0 Å². The largest absolute Gasteiger partial charge is 0.497 e. The van der Waals surface area contributed by atoms with Crippen LogP contribution in [-0.4, -0.2) is 35.9 Å². The van der Waals surface area contributed by atoms with E-state index in [1.165, 1.54) is 0 Å². The molecule has 0 unspecified atom stereocenters. The quantitative estimate of drug-likeness (QED) is 0.647. The molecule has 0 aliphatic carbocycles. The summed E-state index contributed by atoms with van der Waals surface area (Å²) in [5, 5.41) is 2.89. The van der Waals surface area contributed by atoms with E-state index in [0.29, 0.717) is 5.56 Å². The van der Waals surface area contributed by atoms with Crippen molar-refractivity contribution in [2.45, 2.75) is 12.1 Å². The Morgan fingerprint density at radius 1 is 1.00 bits per heavy atom. The smallest absolute Gasteiger partial charge is 0.304 e. The first kappa shape index (κ1) is 19.4. The van der Waals surface area contributed by atoms with Gasteiger partial charge in [-0.3, -0.25) is 9.59 Å². The number of carbonyl (C=O) groups excluding carboxylic acids is 2. The minimum absolute atomic E-state index is 0.271. The molecule has 1 fully saturated rings. The van der Waals surface area contributed by atoms with Gasteiger partial charge in [-0.25, -0.2) is 0 Å². The van der Waals surface area contributed by atoms with Gasteiger partial charge in [-0.1, -0.05) is 54.6 Å². The maximum absolute atomic E-state index is 12.8. The van der Waals surface area contributed by atoms with Gasteiger partial charge in [0.05, 0.1) is 7.11 Å². The summed E-state index contributed by atoms with van der Waals surface area (Å²) < 4.78 is 7.03. The van der Waals surface area contributed by atoms with Crippen LogP contribution in [0.25, 0.3) is 0 Å². The van der Waals surface area contributed by atoms with E-state index in [4.69, 9.17) is 4.74 Å². The molecule has 2 atom stereocenters. The fourth-order valence-electron chi connectivity index (χ4n) is 3.53. The fourth-order valence-corrected chi connectivity index (χ4v) is 3.53. The predicted octanol–water partition coefficient (Wildman–Crippen LogP) is 2.71. The number of hydrazone groups is 1. The van der Waals surface area contributed by atoms with Gasteiger partial charge in [0, 0.05) is 16.7 Å². The van der Waals surface area contributed by atoms with Gasteiger partial charge in [0.2, 0.25) is 12.3 Å². The number of hydrogen-bond donors (Lipinski definition) is 2. The van der Waals surface area contributed by atoms with Crippen LogP contribution in [0, 0.1) is 0 Å². The summed E-state index contributed by atoms with van der Waals surface area (Å²) in [6, 6.07) is 24.9. The van der Waals surface area contributed by atoms with E-state index in [2.05, 4.69) is 10.7 Å². The van der Waals surface area contributed by atoms with Crippen molar-refractivity contribution in [1.82, 2.24) is 10.7 Å². The molecular weight excluding hydrogens is 378 g/mol. The summed E-state index contributed by atoms with van der Waals surface area (Å²) in [5.41, 5.74) is 5.16. The number of hydrazine groups is 1. The van der Waals surface area contributed by atoms with Crippen molar-refractivity contribution in [3.8, 4) is 5.75 Å². The zero-order valence-electron chi connectivity index (χ0n) is 16.5. The Bertz CT molecular complexity index is 1080. The molecule has 3 aromatic rings. The lowest BCUT2D eigenvalue weighted by Crippen LogP contribution is -2.42. The summed E-state index contributed by atoms with van der Waals surface area (Å²) in [6.07, 6.45) is 1.84. The molecule has 6 nitrogen and oxygen atoms in total. The molecule has 0 radical (unpaired) electrons. The highest BCUT2D eigenvalue weighted by molar-refractivity contribution is 5.98. The first-order valence-electron chi connectivity index (χ1n) is 9.64. The average Bonchev–Trinajstić information content (AvgIpc) is 3.09. The molecule has 4 rings (SSSR count). The van der Waals surface area contributed by atoms with Gasteiger partial charge in [0.15, 0.2) is 6.04 Å². The summed E-state index contributed by atoms with van der Waals surface area (Å²) in [6.45, 7) is 0. The standard InChI is InChI=1S/C24H21N3O3/c1-30-20-14-8-9-17(15-20)16-27-22(18-10-4-2-5-11-18)21(24(29)26-27)25-23(28)19-12-6-3-7-13-19/h2-16,21-22H,1H3,(H-,25,26,28,29)/p+1/b27-16-/t21-,22+/m1/s1. The highest BCUT2D eigenvalue weighted by atomic mass is 16.5. The van der Waals surface area contributed by atoms with Crippen LogP contribution in [0.5, 0.6) is 5.75 Å². The molecule has 1 aliphatic heterocycles. The number of ether oxygens (including phenoxy) is 1. The number of nitrogens with one attached hydrogen (secondary N) is 2. The van der Waals surface area contributed by atoms with E-state index < -0.39 is 12.1 Å². The maximum Gasteiger partial charge on any atom is 0.304 e. The second-order valence-electron chi connectivity index (χ2n) is 6.96. The summed E-state index contributed by atoms with van der Waals surface area (Å²) >= 11 is 0. The topological polar surface area (TPSA) is 70.4 Å². The summed E-state index contributed by atoms with van der Waals surface area (Å²) in [7, 11) is 1.61. The molecule has 150 valence electrons. The Hall–Kier alpha value is -3.93. The minimum atomic E-state index is -0.748. The van der Waals surface area contributed by atoms with Gasteiger partial charge in [-0.2, -0.15) is 0 Å². The molecule has 6 heteroatoms. The number of amides is 2. The van der Waals surface area contributed by atoms with E-state index in [1.54, 1.807) is 36.1 Å². The lowest BCUT2D eigenvalue weighted by Gasteiger charge is -2.14. The van der Waals surface area contributed by atoms with Crippen LogP contribution in [0.1, 0.15) is 27.5 Å². The van der Waals surface area contributed by atoms with Crippen LogP contribution >= 0.6 is 0 Å². The van der Waals surface area contributed by atoms with Gasteiger partial charge < -0.3 is 10.1 Å². The van der Waals surface area contributed by atoms with Gasteiger partial charge in [0.25, 0.3) is 5.91 Å². The number of methoxy groups -OCH3 is 1. The highest BCUT2D eigenvalue weighted by Crippen LogP contribution is 2.25. The van der Waals surface area contributed by atoms with E-state index in [9.17, 15) is 9.59 Å². The number of carbonyl (C=O) groups is 2. The molecule has 1 saturated heterocycles. The third-order valence-electron chi connectivity index (χ3n) is 4.98. The highest BCUT2D eigenvalue weighted by Gasteiger charge is 2.47. The Kier molecular flexibility index (Phi) is 5.57. The van der Waals surface area contributed by atoms with Gasteiger partial charge in [-0.05, 0) is 30.3 Å². The Morgan fingerprint density at radius 3 is 2.40 bits per heavy atom. The van der Waals surface area contributed by atoms with Crippen molar-refractivity contribution in [1.29, 1.82) is 0 Å². The zero-order valence-corrected chi connectivity index (χ0v) is 16.5. The van der Waals surface area contributed by atoms with Crippen molar-refractivity contribution in [3.63, 3.8) is 0 Å². The van der Waals surface area contributed by atoms with E-state index in [1.807, 2.05) is 66.9 Å². The second kappa shape index (κ2) is 8.61. The van der Waals surface area contributed by atoms with E-state index in [-0.39, 0.29) is 11.8 Å². The van der Waals surface area contributed by atoms with Crippen molar-refractivity contribution >= 4 is 18.0 Å². The number of benzene rings is 3. The molecule has 1 heterocycles. The fraction of sp³-hybridized carbons (Fsp3) is 0.125. The maximum atomic E-state index is 12.8. The van der Waals surface area contributed by atoms with Crippen LogP contribution in [0.2, 0.25) is 0 Å². The zero-order chi connectivity index (χ0) is 20.9. The Labute approximate surface area is 174 Å². The third-order valence-corrected chi connectivity index (χ3v) is 4.98. The van der Waals surface area contributed by atoms with Crippen LogP contribution in [0.15, 0.2) is 84.9 Å². The minimum Gasteiger partial charge on any atom is -0.497 e. The van der Waals surface area contributed by atoms with Crippen molar-refractivity contribution < 1.29 is 19.0 Å². The third kappa shape index (κ3) is 4.07. The Morgan fingerprint density at radius 2 is 1.70 bits per heavy atom. The molecule has 0 aromatic heterocycles. The molecule has 2 amide bonds. The SMILES string of the molecule is COc1cccc(/C=[N+]2\NC(=O)[C@H](NC(=O)c3ccccc3)[C@@H]2c2ccccc2)c1. The molecule has 3 aromatic carbocycles. The average molecular weight is 400 g/mol. The van der Waals surface area contributed by atoms with Crippen molar-refractivity contribution in [2.75, 3.05) is 7.11 Å². The number of nitrogens with zero attached hydrogens (tertiary/aromatic N) is 1. The van der Waals surface area contributed by atoms with Crippen LogP contribution < -0.4 is 15.5 Å². The predicted molar refractivity (Wildman–Crippen MR) is 113 cm³/mol. The lowest BCUT2D eigenvalue weighted by atomic mass is 10.00. The number of rotatable bonds is 5. The van der Waals surface area contributed by atoms with E-state index in [0.717, 1.165) is 16.9 Å². The van der Waals surface area contributed by atoms with Gasteiger partial charge >= 0.3 is 5.91 Å².